The average Bonchev–Trinajstić information content (AvgIpc) is 3.38. The van der Waals surface area contributed by atoms with Gasteiger partial charge in [-0.2, -0.15) is 0 Å². The molecule has 2 nitrogen and oxygen atoms in total. The zero-order valence-electron chi connectivity index (χ0n) is 22.9. The van der Waals surface area contributed by atoms with E-state index in [2.05, 4.69) is 120 Å². The summed E-state index contributed by atoms with van der Waals surface area (Å²) < 4.78 is 12.2. The molecule has 0 aliphatic heterocycles. The maximum Gasteiger partial charge on any atom is 0.261 e. The molecule has 3 heteroatoms. The normalized spacial score (nSPS) is 13.9. The van der Waals surface area contributed by atoms with Crippen LogP contribution < -0.4 is 10.4 Å². The van der Waals surface area contributed by atoms with E-state index in [1.54, 1.807) is 6.26 Å². The third kappa shape index (κ3) is 7.69. The molecule has 1 aromatic heterocycles. The van der Waals surface area contributed by atoms with Crippen LogP contribution in [0.2, 0.25) is 5.04 Å². The summed E-state index contributed by atoms with van der Waals surface area (Å²) in [5.74, 6) is 0.530. The van der Waals surface area contributed by atoms with E-state index in [9.17, 15) is 0 Å². The van der Waals surface area contributed by atoms with Crippen molar-refractivity contribution in [2.75, 3.05) is 6.61 Å². The molecule has 0 N–H and O–H groups in total. The molecular weight excluding hydrogens is 456 g/mol. The highest BCUT2D eigenvalue weighted by Gasteiger charge is 2.49. The van der Waals surface area contributed by atoms with Gasteiger partial charge in [0.05, 0.1) is 12.5 Å². The molecular formula is C33H44O2Si. The monoisotopic (exact) mass is 500 g/mol. The Hall–Kier alpha value is -2.62. The van der Waals surface area contributed by atoms with Gasteiger partial charge >= 0.3 is 0 Å². The first-order valence-corrected chi connectivity index (χ1v) is 15.3. The Kier molecular flexibility index (Phi) is 10.6. The Morgan fingerprint density at radius 3 is 2.14 bits per heavy atom. The van der Waals surface area contributed by atoms with E-state index >= 15 is 0 Å². The smallest absolute Gasteiger partial charge is 0.261 e. The number of aryl methyl sites for hydroxylation is 1. The van der Waals surface area contributed by atoms with E-state index in [0.29, 0.717) is 5.92 Å². The first-order valence-electron chi connectivity index (χ1n) is 13.4. The lowest BCUT2D eigenvalue weighted by atomic mass is 10.0. The van der Waals surface area contributed by atoms with Crippen LogP contribution in [0.25, 0.3) is 0 Å². The van der Waals surface area contributed by atoms with Gasteiger partial charge in [0.25, 0.3) is 8.32 Å². The first-order chi connectivity index (χ1) is 17.3. The minimum absolute atomic E-state index is 0.0289. The second-order valence-corrected chi connectivity index (χ2v) is 15.3. The summed E-state index contributed by atoms with van der Waals surface area (Å²) in [6, 6.07) is 23.9. The predicted octanol–water partition coefficient (Wildman–Crippen LogP) is 8.10. The lowest BCUT2D eigenvalue weighted by Crippen LogP contribution is -2.66. The molecule has 0 aliphatic rings. The molecule has 0 fully saturated rings. The fourth-order valence-electron chi connectivity index (χ4n) is 4.99. The van der Waals surface area contributed by atoms with Gasteiger partial charge in [-0.05, 0) is 72.0 Å². The maximum absolute atomic E-state index is 7.03. The van der Waals surface area contributed by atoms with Crippen molar-refractivity contribution in [3.05, 3.63) is 109 Å². The van der Waals surface area contributed by atoms with Gasteiger partial charge in [-0.15, -0.1) is 0 Å². The van der Waals surface area contributed by atoms with Crippen LogP contribution in [0.5, 0.6) is 0 Å². The third-order valence-corrected chi connectivity index (χ3v) is 12.0. The van der Waals surface area contributed by atoms with Gasteiger partial charge in [-0.25, -0.2) is 0 Å². The SMILES string of the molecule is C/C(=C\C=C/[C@@H](C)CCCO[Si](c1ccccc1)(c1ccccc1)C(C)(C)C)CCCc1ccoc1. The van der Waals surface area contributed by atoms with Crippen LogP contribution in [0, 0.1) is 5.92 Å². The second-order valence-electron chi connectivity index (χ2n) is 11.0. The topological polar surface area (TPSA) is 22.4 Å². The van der Waals surface area contributed by atoms with Crippen LogP contribution in [-0.4, -0.2) is 14.9 Å². The van der Waals surface area contributed by atoms with Crippen molar-refractivity contribution >= 4 is 18.7 Å². The van der Waals surface area contributed by atoms with Crippen molar-refractivity contribution in [3.63, 3.8) is 0 Å². The van der Waals surface area contributed by atoms with Crippen molar-refractivity contribution in [2.45, 2.75) is 71.8 Å². The van der Waals surface area contributed by atoms with Crippen LogP contribution in [0.1, 0.15) is 65.9 Å². The molecule has 1 atom stereocenters. The summed E-state index contributed by atoms with van der Waals surface area (Å²) in [5, 5.41) is 2.73. The van der Waals surface area contributed by atoms with E-state index in [0.717, 1.165) is 38.7 Å². The Morgan fingerprint density at radius 1 is 0.944 bits per heavy atom. The summed E-state index contributed by atoms with van der Waals surface area (Å²) >= 11 is 0. The maximum atomic E-state index is 7.03. The highest BCUT2D eigenvalue weighted by molar-refractivity contribution is 6.99. The largest absolute Gasteiger partial charge is 0.472 e. The Labute approximate surface area is 220 Å². The summed E-state index contributed by atoms with van der Waals surface area (Å²) in [6.07, 6.45) is 16.0. The van der Waals surface area contributed by atoms with Gasteiger partial charge in [-0.1, -0.05) is 112 Å². The highest BCUT2D eigenvalue weighted by Crippen LogP contribution is 2.36. The molecule has 0 unspecified atom stereocenters. The Balaban J connectivity index is 1.55. The van der Waals surface area contributed by atoms with Crippen LogP contribution in [0.15, 0.2) is 107 Å². The molecule has 0 radical (unpaired) electrons. The standard InChI is InChI=1S/C33H44O2Si/c1-28(17-13-19-30-24-26-34-27-30)15-12-16-29(2)18-14-25-35-36(33(3,4)5,31-20-8-6-9-21-31)32-22-10-7-11-23-32/h6-12,15-16,20-24,26-27,29H,13-14,17-19,25H2,1-5H3/b16-12-,28-15+/t29-/m1/s1. The van der Waals surface area contributed by atoms with Crippen LogP contribution in [0.4, 0.5) is 0 Å². The number of allylic oxidation sites excluding steroid dienone is 4. The lowest BCUT2D eigenvalue weighted by Gasteiger charge is -2.43. The van der Waals surface area contributed by atoms with Crippen LogP contribution >= 0.6 is 0 Å². The van der Waals surface area contributed by atoms with Crippen LogP contribution in [0.3, 0.4) is 0 Å². The molecule has 3 rings (SSSR count). The van der Waals surface area contributed by atoms with Gasteiger partial charge < -0.3 is 8.84 Å². The average molecular weight is 501 g/mol. The molecule has 192 valence electrons. The van der Waals surface area contributed by atoms with Crippen molar-refractivity contribution in [1.29, 1.82) is 0 Å². The Bertz CT molecular complexity index is 1020. The molecule has 0 aliphatic carbocycles. The fourth-order valence-corrected chi connectivity index (χ4v) is 9.59. The molecule has 1 heterocycles. The molecule has 0 amide bonds. The molecule has 36 heavy (non-hydrogen) atoms. The Morgan fingerprint density at radius 2 is 1.58 bits per heavy atom. The molecule has 0 saturated heterocycles. The zero-order valence-corrected chi connectivity index (χ0v) is 23.9. The summed E-state index contributed by atoms with van der Waals surface area (Å²) in [4.78, 5) is 0. The van der Waals surface area contributed by atoms with Crippen LogP contribution in [-0.2, 0) is 10.8 Å². The summed E-state index contributed by atoms with van der Waals surface area (Å²) in [5.41, 5.74) is 2.71. The molecule has 3 aromatic rings. The number of hydrogen-bond acceptors (Lipinski definition) is 2. The van der Waals surface area contributed by atoms with E-state index in [1.807, 2.05) is 6.26 Å². The molecule has 2 aromatic carbocycles. The van der Waals surface area contributed by atoms with Crippen molar-refractivity contribution < 1.29 is 8.84 Å². The van der Waals surface area contributed by atoms with Gasteiger partial charge in [0.2, 0.25) is 0 Å². The second kappa shape index (κ2) is 13.6. The third-order valence-electron chi connectivity index (χ3n) is 6.98. The van der Waals surface area contributed by atoms with Gasteiger partial charge in [-0.3, -0.25) is 0 Å². The quantitative estimate of drug-likeness (QED) is 0.134. The van der Waals surface area contributed by atoms with Gasteiger partial charge in [0.1, 0.15) is 0 Å². The number of benzene rings is 2. The number of hydrogen-bond donors (Lipinski definition) is 0. The zero-order chi connectivity index (χ0) is 25.9. The number of furan rings is 1. The van der Waals surface area contributed by atoms with E-state index in [4.69, 9.17) is 8.84 Å². The van der Waals surface area contributed by atoms with Crippen molar-refractivity contribution in [1.82, 2.24) is 0 Å². The minimum atomic E-state index is -2.43. The first kappa shape index (κ1) is 28.0. The van der Waals surface area contributed by atoms with Crippen molar-refractivity contribution in [2.24, 2.45) is 5.92 Å². The molecule has 0 saturated carbocycles. The molecule has 0 spiro atoms. The summed E-state index contributed by atoms with van der Waals surface area (Å²) in [7, 11) is -2.43. The van der Waals surface area contributed by atoms with E-state index in [1.165, 1.54) is 21.5 Å². The minimum Gasteiger partial charge on any atom is -0.472 e. The van der Waals surface area contributed by atoms with E-state index in [-0.39, 0.29) is 5.04 Å². The molecule has 0 bridgehead atoms. The van der Waals surface area contributed by atoms with E-state index < -0.39 is 8.32 Å². The number of rotatable bonds is 13. The van der Waals surface area contributed by atoms with Gasteiger partial charge in [0.15, 0.2) is 0 Å². The fraction of sp³-hybridized carbons (Fsp3) is 0.394. The predicted molar refractivity (Wildman–Crippen MR) is 157 cm³/mol. The highest BCUT2D eigenvalue weighted by atomic mass is 28.4. The lowest BCUT2D eigenvalue weighted by molar-refractivity contribution is 0.283. The van der Waals surface area contributed by atoms with Gasteiger partial charge in [0, 0.05) is 6.61 Å². The van der Waals surface area contributed by atoms with Crippen molar-refractivity contribution in [3.8, 4) is 0 Å². The summed E-state index contributed by atoms with van der Waals surface area (Å²) in [6.45, 7) is 12.3.